The molecule has 4 nitrogen and oxygen atoms in total. The molecular formula is C14H16BrN3O. The molecular weight excluding hydrogens is 306 g/mol. The highest BCUT2D eigenvalue weighted by atomic mass is 79.9. The van der Waals surface area contributed by atoms with E-state index in [0.29, 0.717) is 16.8 Å². The Hall–Kier alpha value is -1.67. The highest BCUT2D eigenvalue weighted by Gasteiger charge is 2.14. The fourth-order valence-corrected chi connectivity index (χ4v) is 1.85. The van der Waals surface area contributed by atoms with Crippen LogP contribution in [-0.4, -0.2) is 29.4 Å². The van der Waals surface area contributed by atoms with Crippen LogP contribution in [0.2, 0.25) is 0 Å². The van der Waals surface area contributed by atoms with Crippen LogP contribution in [-0.2, 0) is 4.79 Å². The van der Waals surface area contributed by atoms with Crippen molar-refractivity contribution >= 4 is 27.9 Å². The van der Waals surface area contributed by atoms with Crippen molar-refractivity contribution in [2.75, 3.05) is 13.6 Å². The molecule has 0 N–H and O–H groups in total. The smallest absolute Gasteiger partial charge is 0.264 e. The van der Waals surface area contributed by atoms with Crippen LogP contribution in [0.15, 0.2) is 28.4 Å². The van der Waals surface area contributed by atoms with E-state index in [-0.39, 0.29) is 11.5 Å². The zero-order valence-corrected chi connectivity index (χ0v) is 12.6. The van der Waals surface area contributed by atoms with Gasteiger partial charge in [-0.25, -0.2) is 4.98 Å². The molecule has 0 saturated carbocycles. The van der Waals surface area contributed by atoms with Crippen molar-refractivity contribution in [2.45, 2.75) is 19.8 Å². The molecule has 1 amide bonds. The van der Waals surface area contributed by atoms with Gasteiger partial charge in [-0.3, -0.25) is 4.79 Å². The largest absolute Gasteiger partial charge is 0.341 e. The maximum absolute atomic E-state index is 12.1. The van der Waals surface area contributed by atoms with Gasteiger partial charge in [-0.05, 0) is 40.6 Å². The van der Waals surface area contributed by atoms with E-state index in [0.717, 1.165) is 12.8 Å². The number of amides is 1. The van der Waals surface area contributed by atoms with Gasteiger partial charge in [-0.15, -0.1) is 0 Å². The van der Waals surface area contributed by atoms with Crippen molar-refractivity contribution < 1.29 is 4.79 Å². The van der Waals surface area contributed by atoms with Gasteiger partial charge < -0.3 is 4.90 Å². The average molecular weight is 322 g/mol. The number of rotatable bonds is 5. The van der Waals surface area contributed by atoms with Gasteiger partial charge in [0.05, 0.1) is 5.69 Å². The lowest BCUT2D eigenvalue weighted by Crippen LogP contribution is -2.28. The second kappa shape index (κ2) is 7.70. The Morgan fingerprint density at radius 1 is 1.58 bits per heavy atom. The van der Waals surface area contributed by atoms with Crippen molar-refractivity contribution in [3.63, 3.8) is 0 Å². The van der Waals surface area contributed by atoms with Crippen molar-refractivity contribution in [2.24, 2.45) is 0 Å². The molecule has 0 aliphatic heterocycles. The topological polar surface area (TPSA) is 57.0 Å². The number of carbonyl (C=O) groups is 1. The molecule has 0 unspecified atom stereocenters. The zero-order valence-electron chi connectivity index (χ0n) is 11.1. The first kappa shape index (κ1) is 15.4. The normalized spacial score (nSPS) is 10.9. The Labute approximate surface area is 121 Å². The number of hydrogen-bond acceptors (Lipinski definition) is 3. The molecule has 0 atom stereocenters. The number of aromatic nitrogens is 1. The quantitative estimate of drug-likeness (QED) is 0.476. The highest BCUT2D eigenvalue weighted by molar-refractivity contribution is 9.10. The molecule has 5 heteroatoms. The molecule has 1 aromatic rings. The number of hydrogen-bond donors (Lipinski definition) is 0. The monoisotopic (exact) mass is 321 g/mol. The Balaban J connectivity index is 2.88. The standard InChI is InChI=1S/C14H16BrN3O/c1-3-4-8-18(2)14(19)11(10-16)9-12-6-5-7-13(15)17-12/h5-7,9H,3-4,8H2,1-2H3/b11-9+. The van der Waals surface area contributed by atoms with E-state index in [1.54, 1.807) is 24.1 Å². The van der Waals surface area contributed by atoms with Gasteiger partial charge >= 0.3 is 0 Å². The van der Waals surface area contributed by atoms with Crippen LogP contribution in [0.3, 0.4) is 0 Å². The molecule has 19 heavy (non-hydrogen) atoms. The number of nitriles is 1. The van der Waals surface area contributed by atoms with E-state index in [1.807, 2.05) is 12.1 Å². The van der Waals surface area contributed by atoms with Crippen LogP contribution in [0.25, 0.3) is 6.08 Å². The van der Waals surface area contributed by atoms with Crippen molar-refractivity contribution in [3.8, 4) is 6.07 Å². The third-order valence-electron chi connectivity index (χ3n) is 2.57. The fourth-order valence-electron chi connectivity index (χ4n) is 1.50. The summed E-state index contributed by atoms with van der Waals surface area (Å²) in [4.78, 5) is 17.8. The summed E-state index contributed by atoms with van der Waals surface area (Å²) in [6, 6.07) is 7.29. The number of carbonyl (C=O) groups excluding carboxylic acids is 1. The second-order valence-electron chi connectivity index (χ2n) is 4.14. The third-order valence-corrected chi connectivity index (χ3v) is 3.02. The summed E-state index contributed by atoms with van der Waals surface area (Å²) >= 11 is 3.26. The van der Waals surface area contributed by atoms with Gasteiger partial charge in [-0.2, -0.15) is 5.26 Å². The molecule has 0 aromatic carbocycles. The highest BCUT2D eigenvalue weighted by Crippen LogP contribution is 2.11. The zero-order chi connectivity index (χ0) is 14.3. The van der Waals surface area contributed by atoms with E-state index in [1.165, 1.54) is 6.08 Å². The lowest BCUT2D eigenvalue weighted by atomic mass is 10.2. The SMILES string of the molecule is CCCCN(C)C(=O)/C(C#N)=C/c1cccc(Br)n1. The number of likely N-dealkylation sites (N-methyl/N-ethyl adjacent to an activating group) is 1. The summed E-state index contributed by atoms with van der Waals surface area (Å²) in [6.07, 6.45) is 3.45. The second-order valence-corrected chi connectivity index (χ2v) is 4.95. The molecule has 1 heterocycles. The summed E-state index contributed by atoms with van der Waals surface area (Å²) in [5, 5.41) is 9.10. The van der Waals surface area contributed by atoms with Gasteiger partial charge in [-0.1, -0.05) is 19.4 Å². The van der Waals surface area contributed by atoms with Crippen LogP contribution in [0, 0.1) is 11.3 Å². The minimum absolute atomic E-state index is 0.101. The number of nitrogens with zero attached hydrogens (tertiary/aromatic N) is 3. The van der Waals surface area contributed by atoms with E-state index in [2.05, 4.69) is 27.8 Å². The van der Waals surface area contributed by atoms with Crippen molar-refractivity contribution in [3.05, 3.63) is 34.1 Å². The summed E-state index contributed by atoms with van der Waals surface area (Å²) < 4.78 is 0.672. The molecule has 0 aliphatic carbocycles. The molecule has 100 valence electrons. The van der Waals surface area contributed by atoms with Crippen LogP contribution in [0.4, 0.5) is 0 Å². The molecule has 0 radical (unpaired) electrons. The fraction of sp³-hybridized carbons (Fsp3) is 0.357. The Morgan fingerprint density at radius 3 is 2.89 bits per heavy atom. The minimum Gasteiger partial charge on any atom is -0.341 e. The summed E-state index contributed by atoms with van der Waals surface area (Å²) in [5.74, 6) is -0.266. The van der Waals surface area contributed by atoms with Crippen LogP contribution >= 0.6 is 15.9 Å². The number of pyridine rings is 1. The van der Waals surface area contributed by atoms with Crippen molar-refractivity contribution in [1.82, 2.24) is 9.88 Å². The minimum atomic E-state index is -0.266. The van der Waals surface area contributed by atoms with Crippen LogP contribution < -0.4 is 0 Å². The lowest BCUT2D eigenvalue weighted by Gasteiger charge is -2.15. The maximum atomic E-state index is 12.1. The predicted molar refractivity (Wildman–Crippen MR) is 78.1 cm³/mol. The van der Waals surface area contributed by atoms with E-state index < -0.39 is 0 Å². The molecule has 0 spiro atoms. The van der Waals surface area contributed by atoms with Gasteiger partial charge in [0.25, 0.3) is 5.91 Å². The van der Waals surface area contributed by atoms with Crippen molar-refractivity contribution in [1.29, 1.82) is 5.26 Å². The molecule has 1 rings (SSSR count). The van der Waals surface area contributed by atoms with E-state index >= 15 is 0 Å². The number of unbranched alkanes of at least 4 members (excludes halogenated alkanes) is 1. The van der Waals surface area contributed by atoms with Crippen LogP contribution in [0.1, 0.15) is 25.5 Å². The third kappa shape index (κ3) is 4.84. The van der Waals surface area contributed by atoms with E-state index in [9.17, 15) is 4.79 Å². The summed E-state index contributed by atoms with van der Waals surface area (Å²) in [5.41, 5.74) is 0.687. The molecule has 1 aromatic heterocycles. The molecule has 0 saturated heterocycles. The van der Waals surface area contributed by atoms with Gasteiger partial charge in [0.2, 0.25) is 0 Å². The predicted octanol–water partition coefficient (Wildman–Crippen LogP) is 3.01. The molecule has 0 fully saturated rings. The Morgan fingerprint density at radius 2 is 2.32 bits per heavy atom. The first-order valence-corrected chi connectivity index (χ1v) is 6.87. The van der Waals surface area contributed by atoms with Gasteiger partial charge in [0.1, 0.15) is 16.2 Å². The van der Waals surface area contributed by atoms with Gasteiger partial charge in [0, 0.05) is 13.6 Å². The lowest BCUT2D eigenvalue weighted by molar-refractivity contribution is -0.125. The molecule has 0 aliphatic rings. The number of halogens is 1. The first-order valence-electron chi connectivity index (χ1n) is 6.08. The summed E-state index contributed by atoms with van der Waals surface area (Å²) in [6.45, 7) is 2.71. The Kier molecular flexibility index (Phi) is 6.23. The van der Waals surface area contributed by atoms with Gasteiger partial charge in [0.15, 0.2) is 0 Å². The summed E-state index contributed by atoms with van der Waals surface area (Å²) in [7, 11) is 1.71. The maximum Gasteiger partial charge on any atom is 0.264 e. The molecule has 0 bridgehead atoms. The van der Waals surface area contributed by atoms with E-state index in [4.69, 9.17) is 5.26 Å². The van der Waals surface area contributed by atoms with Crippen LogP contribution in [0.5, 0.6) is 0 Å². The Bertz CT molecular complexity index is 520. The first-order chi connectivity index (χ1) is 9.08. The average Bonchev–Trinajstić information content (AvgIpc) is 2.41.